The van der Waals surface area contributed by atoms with Gasteiger partial charge >= 0.3 is 5.97 Å². The molecule has 1 saturated heterocycles. The molecule has 1 aliphatic heterocycles. The molecule has 1 rings (SSSR count). The molecule has 0 amide bonds. The van der Waals surface area contributed by atoms with Crippen molar-refractivity contribution in [2.45, 2.75) is 64.5 Å². The van der Waals surface area contributed by atoms with Gasteiger partial charge in [0.1, 0.15) is 8.24 Å². The first-order chi connectivity index (χ1) is 8.39. The normalized spacial score (nSPS) is 20.1. The first-order valence-corrected chi connectivity index (χ1v) is 13.0. The molecule has 1 fully saturated rings. The van der Waals surface area contributed by atoms with Crippen molar-refractivity contribution in [2.24, 2.45) is 0 Å². The first kappa shape index (κ1) is 15.9. The highest BCUT2D eigenvalue weighted by atomic mass is 28.4. The van der Waals surface area contributed by atoms with Gasteiger partial charge in [-0.05, 0) is 37.1 Å². The summed E-state index contributed by atoms with van der Waals surface area (Å²) in [6.45, 7) is 12.8. The Morgan fingerprint density at radius 2 is 1.78 bits per heavy atom. The smallest absolute Gasteiger partial charge is 0.306 e. The fourth-order valence-corrected chi connectivity index (χ4v) is 7.99. The second kappa shape index (κ2) is 6.34. The van der Waals surface area contributed by atoms with Gasteiger partial charge in [-0.25, -0.2) is 0 Å². The van der Waals surface area contributed by atoms with Crippen LogP contribution in [0.25, 0.3) is 0 Å². The van der Waals surface area contributed by atoms with E-state index in [1.165, 1.54) is 12.5 Å². The van der Waals surface area contributed by atoms with Gasteiger partial charge in [-0.1, -0.05) is 33.9 Å². The molecular weight excluding hydrogens is 258 g/mol. The van der Waals surface area contributed by atoms with Gasteiger partial charge in [-0.15, -0.1) is 0 Å². The lowest BCUT2D eigenvalue weighted by molar-refractivity contribution is -0.135. The Kier molecular flexibility index (Phi) is 5.61. The van der Waals surface area contributed by atoms with Crippen LogP contribution in [0, 0.1) is 0 Å². The van der Waals surface area contributed by atoms with Crippen LogP contribution in [0.3, 0.4) is 0 Å². The van der Waals surface area contributed by atoms with Crippen molar-refractivity contribution >= 4 is 22.5 Å². The Morgan fingerprint density at radius 3 is 2.17 bits per heavy atom. The monoisotopic (exact) mass is 287 g/mol. The van der Waals surface area contributed by atoms with E-state index >= 15 is 0 Å². The molecule has 3 nitrogen and oxygen atoms in total. The number of rotatable bonds is 6. The number of carbonyl (C=O) groups excluding carboxylic acids is 1. The van der Waals surface area contributed by atoms with E-state index in [-0.39, 0.29) is 5.97 Å². The maximum atomic E-state index is 12.2. The summed E-state index contributed by atoms with van der Waals surface area (Å²) in [6, 6.07) is 4.46. The molecule has 0 unspecified atom stereocenters. The summed E-state index contributed by atoms with van der Waals surface area (Å²) >= 11 is 0. The summed E-state index contributed by atoms with van der Waals surface area (Å²) in [4.78, 5) is 12.2. The van der Waals surface area contributed by atoms with Gasteiger partial charge in [0, 0.05) is 0 Å². The van der Waals surface area contributed by atoms with E-state index in [2.05, 4.69) is 38.4 Å². The number of carbonyl (C=O) groups is 1. The van der Waals surface area contributed by atoms with Gasteiger partial charge in [0.2, 0.25) is 0 Å². The van der Waals surface area contributed by atoms with Crippen LogP contribution >= 0.6 is 0 Å². The number of nitrogens with zero attached hydrogens (tertiary/aromatic N) is 1. The Bertz CT molecular complexity index is 282. The van der Waals surface area contributed by atoms with Crippen molar-refractivity contribution in [3.63, 3.8) is 0 Å². The second-order valence-corrected chi connectivity index (χ2v) is 15.5. The van der Waals surface area contributed by atoms with E-state index in [4.69, 9.17) is 4.43 Å². The molecular formula is C13H29NO2Si2. The van der Waals surface area contributed by atoms with Crippen LogP contribution in [-0.4, -0.2) is 40.2 Å². The van der Waals surface area contributed by atoms with Crippen molar-refractivity contribution < 1.29 is 9.22 Å². The molecule has 0 aromatic carbocycles. The van der Waals surface area contributed by atoms with Gasteiger partial charge < -0.3 is 8.99 Å². The third-order valence-corrected chi connectivity index (χ3v) is 12.9. The molecule has 0 aromatic rings. The van der Waals surface area contributed by atoms with E-state index in [1.807, 2.05) is 0 Å². The summed E-state index contributed by atoms with van der Waals surface area (Å²) in [5, 5.41) is 0. The van der Waals surface area contributed by atoms with Crippen LogP contribution in [0.5, 0.6) is 0 Å². The number of hydrogen-bond acceptors (Lipinski definition) is 3. The van der Waals surface area contributed by atoms with Crippen LogP contribution in [0.15, 0.2) is 0 Å². The Hall–Kier alpha value is -0.136. The minimum Gasteiger partial charge on any atom is -0.518 e. The molecule has 0 bridgehead atoms. The van der Waals surface area contributed by atoms with E-state index in [0.29, 0.717) is 6.54 Å². The third-order valence-electron chi connectivity index (χ3n) is 4.66. The van der Waals surface area contributed by atoms with Gasteiger partial charge in [-0.2, -0.15) is 0 Å². The standard InChI is InChI=1S/C13H29NO2Si2/c1-6-18(7-2,8-3)16-13(15)12-14-10-9-11-17(14,4)5/h6-12H2,1-5H3. The zero-order chi connectivity index (χ0) is 13.8. The average molecular weight is 288 g/mol. The third kappa shape index (κ3) is 3.68. The Morgan fingerprint density at radius 1 is 1.22 bits per heavy atom. The first-order valence-electron chi connectivity index (χ1n) is 7.36. The van der Waals surface area contributed by atoms with Gasteiger partial charge in [-0.3, -0.25) is 4.79 Å². The second-order valence-electron chi connectivity index (χ2n) is 6.06. The molecule has 0 aliphatic carbocycles. The van der Waals surface area contributed by atoms with Crippen molar-refractivity contribution in [3.8, 4) is 0 Å². The molecule has 0 radical (unpaired) electrons. The minimum absolute atomic E-state index is 0.0368. The zero-order valence-corrected chi connectivity index (χ0v) is 14.7. The molecule has 0 saturated carbocycles. The van der Waals surface area contributed by atoms with Gasteiger partial charge in [0.25, 0.3) is 8.32 Å². The summed E-state index contributed by atoms with van der Waals surface area (Å²) in [7, 11) is -3.05. The van der Waals surface area contributed by atoms with Crippen LogP contribution in [0.1, 0.15) is 27.2 Å². The SMILES string of the molecule is CC[Si](CC)(CC)OC(=O)CN1CCC[Si]1(C)C. The molecule has 106 valence electrons. The van der Waals surface area contributed by atoms with Crippen molar-refractivity contribution in [3.05, 3.63) is 0 Å². The summed E-state index contributed by atoms with van der Waals surface area (Å²) in [6.07, 6.45) is 1.25. The quantitative estimate of drug-likeness (QED) is 0.701. The van der Waals surface area contributed by atoms with Crippen molar-refractivity contribution in [1.82, 2.24) is 4.57 Å². The number of hydrogen-bond donors (Lipinski definition) is 0. The molecule has 0 N–H and O–H groups in total. The zero-order valence-electron chi connectivity index (χ0n) is 12.7. The van der Waals surface area contributed by atoms with Crippen LogP contribution in [0.4, 0.5) is 0 Å². The topological polar surface area (TPSA) is 29.5 Å². The summed E-state index contributed by atoms with van der Waals surface area (Å²) in [5.41, 5.74) is 0. The highest BCUT2D eigenvalue weighted by Crippen LogP contribution is 2.26. The molecule has 1 heterocycles. The van der Waals surface area contributed by atoms with Gasteiger partial charge in [0.15, 0.2) is 0 Å². The van der Waals surface area contributed by atoms with Crippen LogP contribution < -0.4 is 0 Å². The van der Waals surface area contributed by atoms with Crippen molar-refractivity contribution in [2.75, 3.05) is 13.1 Å². The minimum atomic E-state index is -1.76. The lowest BCUT2D eigenvalue weighted by Gasteiger charge is -2.32. The molecule has 0 aromatic heterocycles. The van der Waals surface area contributed by atoms with E-state index in [9.17, 15) is 4.79 Å². The molecule has 0 atom stereocenters. The average Bonchev–Trinajstić information content (AvgIpc) is 2.66. The van der Waals surface area contributed by atoms with E-state index in [0.717, 1.165) is 24.7 Å². The fraction of sp³-hybridized carbons (Fsp3) is 0.923. The summed E-state index contributed by atoms with van der Waals surface area (Å²) < 4.78 is 8.33. The lowest BCUT2D eigenvalue weighted by atomic mass is 10.5. The van der Waals surface area contributed by atoms with Crippen molar-refractivity contribution in [1.29, 1.82) is 0 Å². The molecule has 5 heteroatoms. The summed E-state index contributed by atoms with van der Waals surface area (Å²) in [5.74, 6) is 0.0368. The molecule has 0 spiro atoms. The fourth-order valence-electron chi connectivity index (χ4n) is 2.85. The highest BCUT2D eigenvalue weighted by molar-refractivity contribution is 6.76. The maximum Gasteiger partial charge on any atom is 0.306 e. The highest BCUT2D eigenvalue weighted by Gasteiger charge is 2.38. The van der Waals surface area contributed by atoms with Crippen LogP contribution in [0.2, 0.25) is 37.3 Å². The largest absolute Gasteiger partial charge is 0.518 e. The Balaban J connectivity index is 2.56. The lowest BCUT2D eigenvalue weighted by Crippen LogP contribution is -2.48. The van der Waals surface area contributed by atoms with Gasteiger partial charge in [0.05, 0.1) is 6.54 Å². The predicted octanol–water partition coefficient (Wildman–Crippen LogP) is 3.45. The molecule has 1 aliphatic rings. The Labute approximate surface area is 114 Å². The van der Waals surface area contributed by atoms with E-state index < -0.39 is 16.6 Å². The molecule has 18 heavy (non-hydrogen) atoms. The van der Waals surface area contributed by atoms with E-state index in [1.54, 1.807) is 0 Å². The van der Waals surface area contributed by atoms with Crippen LogP contribution in [-0.2, 0) is 9.22 Å². The maximum absolute atomic E-state index is 12.2. The predicted molar refractivity (Wildman–Crippen MR) is 81.8 cm³/mol.